The van der Waals surface area contributed by atoms with Crippen molar-refractivity contribution in [3.05, 3.63) is 88.9 Å². The van der Waals surface area contributed by atoms with Gasteiger partial charge < -0.3 is 24.2 Å². The third-order valence-electron chi connectivity index (χ3n) is 9.07. The van der Waals surface area contributed by atoms with Crippen LogP contribution in [0, 0.1) is 6.92 Å². The Kier molecular flexibility index (Phi) is 9.69. The highest BCUT2D eigenvalue weighted by molar-refractivity contribution is 5.95. The molecule has 5 rings (SSSR count). The predicted octanol–water partition coefficient (Wildman–Crippen LogP) is 6.04. The zero-order valence-corrected chi connectivity index (χ0v) is 27.0. The highest BCUT2D eigenvalue weighted by atomic mass is 16.5. The lowest BCUT2D eigenvalue weighted by atomic mass is 9.95. The Labute approximate surface area is 262 Å². The minimum atomic E-state index is 0.137. The Morgan fingerprint density at radius 3 is 2.45 bits per heavy atom. The lowest BCUT2D eigenvalue weighted by Gasteiger charge is -2.37. The molecule has 3 heterocycles. The van der Waals surface area contributed by atoms with E-state index in [4.69, 9.17) is 14.5 Å². The highest BCUT2D eigenvalue weighted by Gasteiger charge is 2.28. The molecule has 1 saturated heterocycles. The summed E-state index contributed by atoms with van der Waals surface area (Å²) in [5.74, 6) is 2.40. The fourth-order valence-corrected chi connectivity index (χ4v) is 6.52. The summed E-state index contributed by atoms with van der Waals surface area (Å²) in [6.07, 6.45) is 6.65. The maximum absolute atomic E-state index is 13.7. The molecule has 8 heteroatoms. The average molecular weight is 596 g/mol. The van der Waals surface area contributed by atoms with Crippen LogP contribution in [0.2, 0.25) is 0 Å². The van der Waals surface area contributed by atoms with Crippen molar-refractivity contribution < 1.29 is 14.3 Å². The summed E-state index contributed by atoms with van der Waals surface area (Å²) in [6, 6.07) is 12.4. The molecule has 1 aromatic heterocycles. The van der Waals surface area contributed by atoms with E-state index < -0.39 is 0 Å². The van der Waals surface area contributed by atoms with Gasteiger partial charge in [-0.15, -0.1) is 0 Å². The normalized spacial score (nSPS) is 16.0. The van der Waals surface area contributed by atoms with E-state index in [1.807, 2.05) is 30.3 Å². The summed E-state index contributed by atoms with van der Waals surface area (Å²) in [5.41, 5.74) is 7.99. The van der Waals surface area contributed by atoms with E-state index in [2.05, 4.69) is 66.2 Å². The van der Waals surface area contributed by atoms with Crippen molar-refractivity contribution in [2.45, 2.75) is 52.6 Å². The highest BCUT2D eigenvalue weighted by Crippen LogP contribution is 2.33. The van der Waals surface area contributed by atoms with E-state index in [1.54, 1.807) is 20.5 Å². The number of anilines is 1. The van der Waals surface area contributed by atoms with Crippen LogP contribution >= 0.6 is 0 Å². The lowest BCUT2D eigenvalue weighted by molar-refractivity contribution is 0.0606. The molecular weight excluding hydrogens is 550 g/mol. The van der Waals surface area contributed by atoms with E-state index in [-0.39, 0.29) is 5.91 Å². The number of carbonyl (C=O) groups excluding carboxylic acids is 1. The summed E-state index contributed by atoms with van der Waals surface area (Å²) in [5, 5.41) is 0. The molecule has 0 N–H and O–H groups in total. The average Bonchev–Trinajstić information content (AvgIpc) is 3.05. The molecule has 2 aliphatic rings. The Balaban J connectivity index is 1.35. The van der Waals surface area contributed by atoms with Gasteiger partial charge >= 0.3 is 0 Å². The van der Waals surface area contributed by atoms with Crippen molar-refractivity contribution in [3.8, 4) is 11.5 Å². The number of hydrogen-bond acceptors (Lipinski definition) is 7. The van der Waals surface area contributed by atoms with Gasteiger partial charge in [-0.3, -0.25) is 4.79 Å². The summed E-state index contributed by atoms with van der Waals surface area (Å²) in [6.45, 7) is 14.9. The number of hydrogen-bond donors (Lipinski definition) is 0. The molecule has 1 fully saturated rings. The second kappa shape index (κ2) is 13.6. The number of rotatable bonds is 9. The number of fused-ring (bicyclic) bond motifs is 1. The van der Waals surface area contributed by atoms with Gasteiger partial charge in [0.15, 0.2) is 11.5 Å². The van der Waals surface area contributed by atoms with Crippen molar-refractivity contribution >= 4 is 22.9 Å². The first kappa shape index (κ1) is 31.3. The first-order valence-electron chi connectivity index (χ1n) is 15.5. The molecule has 3 aromatic rings. The molecule has 2 aromatic carbocycles. The zero-order chi connectivity index (χ0) is 31.4. The van der Waals surface area contributed by atoms with Crippen LogP contribution in [0.25, 0.3) is 11.1 Å². The van der Waals surface area contributed by atoms with Crippen molar-refractivity contribution in [3.63, 3.8) is 0 Å². The van der Waals surface area contributed by atoms with Gasteiger partial charge in [-0.05, 0) is 118 Å². The van der Waals surface area contributed by atoms with Crippen molar-refractivity contribution in [2.75, 3.05) is 52.3 Å². The summed E-state index contributed by atoms with van der Waals surface area (Å²) < 4.78 is 10.9. The number of ether oxygens (including phenoxy) is 2. The van der Waals surface area contributed by atoms with Gasteiger partial charge in [0.25, 0.3) is 5.91 Å². The van der Waals surface area contributed by atoms with Gasteiger partial charge in [-0.1, -0.05) is 18.7 Å². The van der Waals surface area contributed by atoms with Crippen LogP contribution in [0.3, 0.4) is 0 Å². The van der Waals surface area contributed by atoms with Crippen molar-refractivity contribution in [2.24, 2.45) is 0 Å². The largest absolute Gasteiger partial charge is 0.493 e. The van der Waals surface area contributed by atoms with Crippen LogP contribution in [-0.2, 0) is 13.0 Å². The van der Waals surface area contributed by atoms with Crippen LogP contribution in [0.5, 0.6) is 11.5 Å². The summed E-state index contributed by atoms with van der Waals surface area (Å²) >= 11 is 0. The molecular formula is C36H45N5O3. The van der Waals surface area contributed by atoms with Gasteiger partial charge in [-0.25, -0.2) is 9.97 Å². The zero-order valence-electron chi connectivity index (χ0n) is 27.0. The van der Waals surface area contributed by atoms with E-state index in [0.29, 0.717) is 24.1 Å². The van der Waals surface area contributed by atoms with Gasteiger partial charge in [-0.2, -0.15) is 0 Å². The van der Waals surface area contributed by atoms with Gasteiger partial charge in [0.05, 0.1) is 19.9 Å². The molecule has 0 spiro atoms. The number of likely N-dealkylation sites (tertiary alicyclic amines) is 1. The second-order valence-corrected chi connectivity index (χ2v) is 11.9. The second-order valence-electron chi connectivity index (χ2n) is 11.9. The van der Waals surface area contributed by atoms with Crippen LogP contribution in [0.15, 0.2) is 55.4 Å². The standard InChI is InChI=1S/C36H45N5O3/c1-8-41(31-14-16-39(5)17-15-31)36(42)29-10-9-27-13-18-40(22-30(27)20-29)35-26(4)34(37-23-38-35)25(3)19-24(2)28-11-12-32(43-6)33(21-28)44-7/h9-12,19-21,23,31H,2,8,13-18,22H2,1,3-7H3. The lowest BCUT2D eigenvalue weighted by Crippen LogP contribution is -2.46. The molecule has 0 aliphatic carbocycles. The molecule has 0 saturated carbocycles. The molecule has 0 unspecified atom stereocenters. The van der Waals surface area contributed by atoms with Crippen molar-refractivity contribution in [1.82, 2.24) is 19.8 Å². The number of aromatic nitrogens is 2. The van der Waals surface area contributed by atoms with Crippen LogP contribution in [0.4, 0.5) is 5.82 Å². The number of piperidine rings is 1. The molecule has 232 valence electrons. The third kappa shape index (κ3) is 6.50. The maximum Gasteiger partial charge on any atom is 0.254 e. The number of benzene rings is 2. The number of nitrogens with zero attached hydrogens (tertiary/aromatic N) is 5. The Bertz CT molecular complexity index is 1560. The minimum absolute atomic E-state index is 0.137. The fraction of sp³-hybridized carbons (Fsp3) is 0.417. The van der Waals surface area contributed by atoms with Crippen LogP contribution < -0.4 is 14.4 Å². The molecule has 0 atom stereocenters. The quantitative estimate of drug-likeness (QED) is 0.280. The molecule has 1 amide bonds. The Morgan fingerprint density at radius 2 is 1.75 bits per heavy atom. The van der Waals surface area contributed by atoms with E-state index >= 15 is 0 Å². The smallest absolute Gasteiger partial charge is 0.254 e. The monoisotopic (exact) mass is 595 g/mol. The Hall–Kier alpha value is -4.17. The molecule has 8 nitrogen and oxygen atoms in total. The SMILES string of the molecule is C=C(C=C(C)c1ncnc(N2CCc3ccc(C(=O)N(CC)C4CCN(C)CC4)cc3C2)c1C)c1ccc(OC)c(OC)c1. The van der Waals surface area contributed by atoms with Crippen molar-refractivity contribution in [1.29, 1.82) is 0 Å². The predicted molar refractivity (Wildman–Crippen MR) is 177 cm³/mol. The first-order valence-corrected chi connectivity index (χ1v) is 15.5. The van der Waals surface area contributed by atoms with Gasteiger partial charge in [0.2, 0.25) is 0 Å². The van der Waals surface area contributed by atoms with Gasteiger partial charge in [0, 0.05) is 36.8 Å². The van der Waals surface area contributed by atoms with E-state index in [9.17, 15) is 4.79 Å². The van der Waals surface area contributed by atoms with Crippen LogP contribution in [-0.4, -0.2) is 79.2 Å². The topological polar surface area (TPSA) is 71.0 Å². The van der Waals surface area contributed by atoms with E-state index in [1.165, 1.54) is 11.1 Å². The molecule has 2 aliphatic heterocycles. The Morgan fingerprint density at radius 1 is 1.02 bits per heavy atom. The number of methoxy groups -OCH3 is 2. The first-order chi connectivity index (χ1) is 21.2. The summed E-state index contributed by atoms with van der Waals surface area (Å²) in [4.78, 5) is 29.8. The van der Waals surface area contributed by atoms with Gasteiger partial charge in [0.1, 0.15) is 12.1 Å². The molecule has 44 heavy (non-hydrogen) atoms. The summed E-state index contributed by atoms with van der Waals surface area (Å²) in [7, 11) is 5.41. The third-order valence-corrected chi connectivity index (χ3v) is 9.07. The van der Waals surface area contributed by atoms with Crippen LogP contribution in [0.1, 0.15) is 65.0 Å². The fourth-order valence-electron chi connectivity index (χ4n) is 6.52. The maximum atomic E-state index is 13.7. The number of carbonyl (C=O) groups is 1. The minimum Gasteiger partial charge on any atom is -0.493 e. The molecule has 0 radical (unpaired) electrons. The molecule has 0 bridgehead atoms. The number of allylic oxidation sites excluding steroid dienone is 3. The van der Waals surface area contributed by atoms with E-state index in [0.717, 1.165) is 84.8 Å². The number of amides is 1.